The highest BCUT2D eigenvalue weighted by atomic mass is 16.3. The van der Waals surface area contributed by atoms with Crippen LogP contribution >= 0.6 is 0 Å². The van der Waals surface area contributed by atoms with Gasteiger partial charge in [-0.1, -0.05) is 107 Å². The maximum atomic E-state index is 12.0. The second kappa shape index (κ2) is 13.0. The van der Waals surface area contributed by atoms with Crippen LogP contribution in [0.1, 0.15) is 174 Å². The van der Waals surface area contributed by atoms with Crippen molar-refractivity contribution in [3.63, 3.8) is 0 Å². The Bertz CT molecular complexity index is 784. The minimum Gasteiger partial charge on any atom is -0.507 e. The average Bonchev–Trinajstić information content (AvgIpc) is 2.78. The van der Waals surface area contributed by atoms with E-state index in [2.05, 4.69) is 68.7 Å². The van der Waals surface area contributed by atoms with Crippen LogP contribution in [0, 0.1) is 6.42 Å². The van der Waals surface area contributed by atoms with Crippen molar-refractivity contribution in [3.05, 3.63) is 34.2 Å². The lowest BCUT2D eigenvalue weighted by atomic mass is 9.59. The van der Waals surface area contributed by atoms with Gasteiger partial charge in [-0.15, -0.1) is 0 Å². The number of phenolic OH excluding ortho intramolecular Hbond substituents is 1. The van der Waals surface area contributed by atoms with E-state index in [1.165, 1.54) is 92.9 Å². The van der Waals surface area contributed by atoms with Gasteiger partial charge in [0.15, 0.2) is 0 Å². The lowest BCUT2D eigenvalue weighted by molar-refractivity contribution is 0.349. The zero-order valence-corrected chi connectivity index (χ0v) is 25.1. The number of hydrogen-bond donors (Lipinski definition) is 1. The molecule has 0 aliphatic heterocycles. The Kier molecular flexibility index (Phi) is 11.2. The van der Waals surface area contributed by atoms with E-state index < -0.39 is 0 Å². The van der Waals surface area contributed by atoms with Crippen molar-refractivity contribution in [1.29, 1.82) is 0 Å². The van der Waals surface area contributed by atoms with E-state index in [1.807, 2.05) is 0 Å². The zero-order chi connectivity index (χ0) is 26.3. The van der Waals surface area contributed by atoms with Crippen molar-refractivity contribution in [2.45, 2.75) is 175 Å². The van der Waals surface area contributed by atoms with E-state index in [0.717, 1.165) is 25.7 Å². The van der Waals surface area contributed by atoms with Gasteiger partial charge < -0.3 is 5.11 Å². The second-order valence-corrected chi connectivity index (χ2v) is 13.1. The molecule has 0 fully saturated rings. The monoisotopic (exact) mass is 482 g/mol. The van der Waals surface area contributed by atoms with Crippen LogP contribution in [0.25, 0.3) is 0 Å². The number of aromatic hydroxyl groups is 1. The Morgan fingerprint density at radius 3 is 1.91 bits per heavy atom. The summed E-state index contributed by atoms with van der Waals surface area (Å²) in [5.74, 6) is 0.625. The number of hydrogen-bond acceptors (Lipinski definition) is 1. The molecule has 1 aromatic rings. The predicted molar refractivity (Wildman–Crippen MR) is 155 cm³/mol. The smallest absolute Gasteiger partial charge is 0.123 e. The standard InChI is InChI=1S/C34H58O/c1-10-14-18-25-34(23-16-12-3,24-17-13-4)28-26(20-15-11-2)29(32(5,6)7)31(35)30-27(28)21-19-22-33(30,8)9/h35H,10-24H2,1-9H3. The van der Waals surface area contributed by atoms with E-state index in [0.29, 0.717) is 5.75 Å². The summed E-state index contributed by atoms with van der Waals surface area (Å²) in [6.45, 7) is 21.0. The van der Waals surface area contributed by atoms with Gasteiger partial charge >= 0.3 is 0 Å². The van der Waals surface area contributed by atoms with Crippen molar-refractivity contribution in [3.8, 4) is 5.75 Å². The van der Waals surface area contributed by atoms with Gasteiger partial charge in [0.25, 0.3) is 0 Å². The van der Waals surface area contributed by atoms with Crippen LogP contribution in [0.5, 0.6) is 5.75 Å². The Morgan fingerprint density at radius 1 is 0.829 bits per heavy atom. The fourth-order valence-electron chi connectivity index (χ4n) is 6.74. The largest absolute Gasteiger partial charge is 0.507 e. The van der Waals surface area contributed by atoms with Gasteiger partial charge in [-0.05, 0) is 85.3 Å². The van der Waals surface area contributed by atoms with Crippen LogP contribution < -0.4 is 0 Å². The average molecular weight is 483 g/mol. The van der Waals surface area contributed by atoms with E-state index in [1.54, 1.807) is 5.56 Å². The number of phenols is 1. The third-order valence-electron chi connectivity index (χ3n) is 8.50. The first-order valence-electron chi connectivity index (χ1n) is 15.2. The zero-order valence-electron chi connectivity index (χ0n) is 25.1. The molecule has 2 radical (unpaired) electrons. The molecule has 1 heteroatoms. The van der Waals surface area contributed by atoms with Crippen LogP contribution in [0.3, 0.4) is 0 Å². The van der Waals surface area contributed by atoms with Crippen molar-refractivity contribution in [1.82, 2.24) is 0 Å². The fourth-order valence-corrected chi connectivity index (χ4v) is 6.74. The lowest BCUT2D eigenvalue weighted by Gasteiger charge is -2.45. The first kappa shape index (κ1) is 30.2. The number of fused-ring (bicyclic) bond motifs is 1. The van der Waals surface area contributed by atoms with Gasteiger partial charge in [0.05, 0.1) is 0 Å². The number of rotatable bonds is 14. The highest BCUT2D eigenvalue weighted by Gasteiger charge is 2.43. The molecule has 35 heavy (non-hydrogen) atoms. The quantitative estimate of drug-likeness (QED) is 0.261. The van der Waals surface area contributed by atoms with Crippen LogP contribution in [0.15, 0.2) is 0 Å². The van der Waals surface area contributed by atoms with Crippen LogP contribution in [-0.4, -0.2) is 5.11 Å². The summed E-state index contributed by atoms with van der Waals surface area (Å²) >= 11 is 0. The van der Waals surface area contributed by atoms with Crippen LogP contribution in [0.2, 0.25) is 0 Å². The molecule has 0 bridgehead atoms. The Morgan fingerprint density at radius 2 is 1.40 bits per heavy atom. The number of unbranched alkanes of at least 4 members (excludes halogenated alkanes) is 5. The maximum absolute atomic E-state index is 12.0. The highest BCUT2D eigenvalue weighted by Crippen LogP contribution is 2.54. The molecular formula is C34H58O. The van der Waals surface area contributed by atoms with E-state index in [-0.39, 0.29) is 16.2 Å². The third-order valence-corrected chi connectivity index (χ3v) is 8.50. The van der Waals surface area contributed by atoms with Gasteiger partial charge in [-0.3, -0.25) is 0 Å². The van der Waals surface area contributed by atoms with Gasteiger partial charge in [0.2, 0.25) is 0 Å². The van der Waals surface area contributed by atoms with Crippen molar-refractivity contribution in [2.75, 3.05) is 0 Å². The van der Waals surface area contributed by atoms with Crippen molar-refractivity contribution in [2.24, 2.45) is 0 Å². The molecule has 0 spiro atoms. The molecule has 1 aromatic carbocycles. The summed E-state index contributed by atoms with van der Waals surface area (Å²) in [6.07, 6.45) is 22.1. The predicted octanol–water partition coefficient (Wildman–Crippen LogP) is 10.5. The second-order valence-electron chi connectivity index (χ2n) is 13.1. The summed E-state index contributed by atoms with van der Waals surface area (Å²) in [5, 5.41) is 12.0. The molecule has 1 aliphatic carbocycles. The van der Waals surface area contributed by atoms with Crippen LogP contribution in [-0.2, 0) is 29.1 Å². The molecule has 0 heterocycles. The van der Waals surface area contributed by atoms with E-state index >= 15 is 0 Å². The summed E-state index contributed by atoms with van der Waals surface area (Å²) in [5.41, 5.74) is 7.07. The third kappa shape index (κ3) is 6.87. The highest BCUT2D eigenvalue weighted by molar-refractivity contribution is 5.63. The van der Waals surface area contributed by atoms with Crippen molar-refractivity contribution >= 4 is 0 Å². The Labute approximate surface area is 219 Å². The Hall–Kier alpha value is -0.980. The molecule has 200 valence electrons. The molecule has 1 N–H and O–H groups in total. The summed E-state index contributed by atoms with van der Waals surface area (Å²) in [6, 6.07) is 0. The minimum atomic E-state index is -0.0882. The molecule has 0 saturated carbocycles. The molecule has 0 atom stereocenters. The summed E-state index contributed by atoms with van der Waals surface area (Å²) in [7, 11) is 0. The molecule has 0 aromatic heterocycles. The Balaban J connectivity index is 3.02. The SMILES string of the molecule is CCCC[C]C(CCCC)(CCCC)c1c(CCCC)c(C(C)(C)C)c(O)c2c1CCCC2(C)C. The van der Waals surface area contributed by atoms with Crippen LogP contribution in [0.4, 0.5) is 0 Å². The van der Waals surface area contributed by atoms with E-state index in [9.17, 15) is 5.11 Å². The first-order valence-corrected chi connectivity index (χ1v) is 15.2. The summed E-state index contributed by atoms with van der Waals surface area (Å²) < 4.78 is 0. The summed E-state index contributed by atoms with van der Waals surface area (Å²) in [4.78, 5) is 0. The lowest BCUT2D eigenvalue weighted by Crippen LogP contribution is -2.36. The minimum absolute atomic E-state index is 0.00939. The van der Waals surface area contributed by atoms with Crippen molar-refractivity contribution < 1.29 is 5.11 Å². The molecule has 0 saturated heterocycles. The fraction of sp³-hybridized carbons (Fsp3) is 0.794. The topological polar surface area (TPSA) is 20.2 Å². The number of benzene rings is 1. The molecular weight excluding hydrogens is 424 g/mol. The maximum Gasteiger partial charge on any atom is 0.123 e. The van der Waals surface area contributed by atoms with E-state index in [4.69, 9.17) is 0 Å². The van der Waals surface area contributed by atoms with Gasteiger partial charge in [-0.25, -0.2) is 0 Å². The van der Waals surface area contributed by atoms with Gasteiger partial charge in [-0.2, -0.15) is 0 Å². The molecule has 1 nitrogen and oxygen atoms in total. The van der Waals surface area contributed by atoms with Gasteiger partial charge in [0, 0.05) is 16.5 Å². The normalized spacial score (nSPS) is 15.9. The molecule has 1 aliphatic rings. The molecule has 0 unspecified atom stereocenters. The van der Waals surface area contributed by atoms with Gasteiger partial charge in [0.1, 0.15) is 5.75 Å². The first-order chi connectivity index (χ1) is 16.5. The molecule has 2 rings (SSSR count). The molecule has 0 amide bonds.